The number of rotatable bonds is 6. The molecule has 0 saturated carbocycles. The first-order valence-corrected chi connectivity index (χ1v) is 10.9. The molecule has 0 fully saturated rings. The van der Waals surface area contributed by atoms with Crippen molar-refractivity contribution in [1.29, 1.82) is 0 Å². The van der Waals surface area contributed by atoms with Gasteiger partial charge < -0.3 is 0 Å². The van der Waals surface area contributed by atoms with Gasteiger partial charge >= 0.3 is 0 Å². The molecule has 140 valence electrons. The van der Waals surface area contributed by atoms with Gasteiger partial charge in [-0.3, -0.25) is 4.90 Å². The van der Waals surface area contributed by atoms with Gasteiger partial charge in [-0.25, -0.2) is 13.1 Å². The van der Waals surface area contributed by atoms with Gasteiger partial charge in [-0.2, -0.15) is 0 Å². The zero-order valence-corrected chi connectivity index (χ0v) is 16.4. The second kappa shape index (κ2) is 7.08. The Morgan fingerprint density at radius 3 is 2.11 bits per heavy atom. The molecule has 5 heteroatoms. The van der Waals surface area contributed by atoms with Crippen LogP contribution in [0.1, 0.15) is 37.1 Å². The SMILES string of the molecule is CCN(CC)C1c2cccc3cccc(c23)C1NS(=O)(=O)c1ccccc1. The molecule has 0 amide bonds. The summed E-state index contributed by atoms with van der Waals surface area (Å²) in [7, 11) is -3.62. The topological polar surface area (TPSA) is 49.4 Å². The van der Waals surface area contributed by atoms with Crippen molar-refractivity contribution in [1.82, 2.24) is 9.62 Å². The lowest BCUT2D eigenvalue weighted by Crippen LogP contribution is -2.38. The fraction of sp³-hybridized carbons (Fsp3) is 0.273. The Morgan fingerprint density at radius 2 is 1.48 bits per heavy atom. The predicted molar refractivity (Wildman–Crippen MR) is 109 cm³/mol. The summed E-state index contributed by atoms with van der Waals surface area (Å²) in [6.07, 6.45) is 0. The van der Waals surface area contributed by atoms with Gasteiger partial charge in [-0.05, 0) is 47.1 Å². The first-order valence-electron chi connectivity index (χ1n) is 9.39. The molecule has 3 aromatic carbocycles. The molecule has 0 aliphatic heterocycles. The van der Waals surface area contributed by atoms with Crippen molar-refractivity contribution in [3.8, 4) is 0 Å². The number of hydrogen-bond acceptors (Lipinski definition) is 3. The van der Waals surface area contributed by atoms with Gasteiger partial charge in [0.15, 0.2) is 0 Å². The fourth-order valence-electron chi connectivity index (χ4n) is 4.24. The molecule has 4 rings (SSSR count). The molecule has 0 spiro atoms. The zero-order valence-electron chi connectivity index (χ0n) is 15.6. The summed E-state index contributed by atoms with van der Waals surface area (Å²) in [6, 6.07) is 20.7. The van der Waals surface area contributed by atoms with E-state index < -0.39 is 10.0 Å². The second-order valence-electron chi connectivity index (χ2n) is 6.87. The average Bonchev–Trinajstić information content (AvgIpc) is 2.99. The smallest absolute Gasteiger partial charge is 0.241 e. The summed E-state index contributed by atoms with van der Waals surface area (Å²) >= 11 is 0. The quantitative estimate of drug-likeness (QED) is 0.695. The molecular weight excluding hydrogens is 356 g/mol. The molecular formula is C22H24N2O2S. The van der Waals surface area contributed by atoms with E-state index in [1.807, 2.05) is 18.2 Å². The van der Waals surface area contributed by atoms with Crippen LogP contribution in [0.5, 0.6) is 0 Å². The zero-order chi connectivity index (χ0) is 19.0. The van der Waals surface area contributed by atoms with Crippen LogP contribution in [0.25, 0.3) is 10.8 Å². The molecule has 1 N–H and O–H groups in total. The van der Waals surface area contributed by atoms with Crippen LogP contribution in [-0.4, -0.2) is 26.4 Å². The molecule has 0 saturated heterocycles. The maximum absolute atomic E-state index is 13.1. The Kier molecular flexibility index (Phi) is 4.76. The van der Waals surface area contributed by atoms with Gasteiger partial charge in [-0.1, -0.05) is 68.4 Å². The van der Waals surface area contributed by atoms with E-state index in [2.05, 4.69) is 47.7 Å². The normalized spacial score (nSPS) is 19.1. The highest BCUT2D eigenvalue weighted by molar-refractivity contribution is 7.89. The van der Waals surface area contributed by atoms with Crippen molar-refractivity contribution in [2.45, 2.75) is 30.8 Å². The van der Waals surface area contributed by atoms with Crippen molar-refractivity contribution >= 4 is 20.8 Å². The number of likely N-dealkylation sites (N-methyl/N-ethyl adjacent to an activating group) is 1. The van der Waals surface area contributed by atoms with E-state index in [1.165, 1.54) is 10.9 Å². The molecule has 0 radical (unpaired) electrons. The fourth-order valence-corrected chi connectivity index (χ4v) is 5.48. The average molecular weight is 381 g/mol. The highest BCUT2D eigenvalue weighted by Crippen LogP contribution is 2.47. The summed E-state index contributed by atoms with van der Waals surface area (Å²) in [5, 5.41) is 2.33. The lowest BCUT2D eigenvalue weighted by atomic mass is 10.0. The van der Waals surface area contributed by atoms with E-state index in [9.17, 15) is 8.42 Å². The van der Waals surface area contributed by atoms with E-state index in [0.29, 0.717) is 4.90 Å². The Bertz CT molecular complexity index is 1050. The third-order valence-electron chi connectivity index (χ3n) is 5.48. The highest BCUT2D eigenvalue weighted by atomic mass is 32.2. The van der Waals surface area contributed by atoms with Crippen LogP contribution in [0.3, 0.4) is 0 Å². The molecule has 2 unspecified atom stereocenters. The van der Waals surface area contributed by atoms with Crippen LogP contribution in [-0.2, 0) is 10.0 Å². The molecule has 3 aromatic rings. The van der Waals surface area contributed by atoms with E-state index >= 15 is 0 Å². The third kappa shape index (κ3) is 3.06. The van der Waals surface area contributed by atoms with Gasteiger partial charge in [0.05, 0.1) is 17.0 Å². The van der Waals surface area contributed by atoms with Gasteiger partial charge in [0, 0.05) is 0 Å². The Labute approximate surface area is 160 Å². The minimum Gasteiger partial charge on any atom is -0.295 e. The number of nitrogens with zero attached hydrogens (tertiary/aromatic N) is 1. The van der Waals surface area contributed by atoms with Crippen LogP contribution >= 0.6 is 0 Å². The Hall–Kier alpha value is -2.21. The van der Waals surface area contributed by atoms with Crippen molar-refractivity contribution in [2.75, 3.05) is 13.1 Å². The second-order valence-corrected chi connectivity index (χ2v) is 8.58. The van der Waals surface area contributed by atoms with Crippen LogP contribution in [0.2, 0.25) is 0 Å². The van der Waals surface area contributed by atoms with E-state index in [-0.39, 0.29) is 12.1 Å². The van der Waals surface area contributed by atoms with Gasteiger partial charge in [0.1, 0.15) is 0 Å². The van der Waals surface area contributed by atoms with Gasteiger partial charge in [0.2, 0.25) is 10.0 Å². The molecule has 0 bridgehead atoms. The predicted octanol–water partition coefficient (Wildman–Crippen LogP) is 4.26. The van der Waals surface area contributed by atoms with E-state index in [0.717, 1.165) is 24.0 Å². The van der Waals surface area contributed by atoms with Crippen LogP contribution in [0.15, 0.2) is 71.6 Å². The number of sulfonamides is 1. The largest absolute Gasteiger partial charge is 0.295 e. The number of benzene rings is 3. The van der Waals surface area contributed by atoms with E-state index in [4.69, 9.17) is 0 Å². The summed E-state index contributed by atoms with van der Waals surface area (Å²) in [5.41, 5.74) is 2.26. The van der Waals surface area contributed by atoms with Crippen molar-refractivity contribution in [2.24, 2.45) is 0 Å². The van der Waals surface area contributed by atoms with Gasteiger partial charge in [0.25, 0.3) is 0 Å². The Balaban J connectivity index is 1.84. The van der Waals surface area contributed by atoms with Gasteiger partial charge in [-0.15, -0.1) is 0 Å². The van der Waals surface area contributed by atoms with Crippen LogP contribution in [0.4, 0.5) is 0 Å². The Morgan fingerprint density at radius 1 is 0.852 bits per heavy atom. The van der Waals surface area contributed by atoms with E-state index in [1.54, 1.807) is 24.3 Å². The summed E-state index contributed by atoms with van der Waals surface area (Å²) in [4.78, 5) is 2.62. The van der Waals surface area contributed by atoms with Crippen molar-refractivity contribution < 1.29 is 8.42 Å². The summed E-state index contributed by atoms with van der Waals surface area (Å²) in [6.45, 7) is 5.95. The monoisotopic (exact) mass is 380 g/mol. The minimum absolute atomic E-state index is 0.0143. The molecule has 1 aliphatic carbocycles. The first kappa shape index (κ1) is 18.2. The molecule has 1 aliphatic rings. The highest BCUT2D eigenvalue weighted by Gasteiger charge is 2.39. The first-order chi connectivity index (χ1) is 13.1. The standard InChI is InChI=1S/C22H24N2O2S/c1-3-24(4-2)22-19-15-9-11-16-10-8-14-18(20(16)19)21(22)23-27(25,26)17-12-6-5-7-13-17/h5-15,21-23H,3-4H2,1-2H3. The molecule has 0 heterocycles. The molecule has 2 atom stereocenters. The maximum Gasteiger partial charge on any atom is 0.241 e. The minimum atomic E-state index is -3.62. The van der Waals surface area contributed by atoms with Crippen molar-refractivity contribution in [3.05, 3.63) is 77.9 Å². The molecule has 4 nitrogen and oxygen atoms in total. The van der Waals surface area contributed by atoms with Crippen molar-refractivity contribution in [3.63, 3.8) is 0 Å². The lowest BCUT2D eigenvalue weighted by Gasteiger charge is -2.32. The summed E-state index contributed by atoms with van der Waals surface area (Å²) < 4.78 is 29.2. The number of hydrogen-bond donors (Lipinski definition) is 1. The summed E-state index contributed by atoms with van der Waals surface area (Å²) in [5.74, 6) is 0. The van der Waals surface area contributed by atoms with Crippen LogP contribution in [0, 0.1) is 0 Å². The molecule has 27 heavy (non-hydrogen) atoms. The molecule has 0 aromatic heterocycles. The van der Waals surface area contributed by atoms with Crippen LogP contribution < -0.4 is 4.72 Å². The maximum atomic E-state index is 13.1. The third-order valence-corrected chi connectivity index (χ3v) is 6.94. The number of nitrogens with one attached hydrogen (secondary N) is 1. The lowest BCUT2D eigenvalue weighted by molar-refractivity contribution is 0.190.